The van der Waals surface area contributed by atoms with Crippen molar-refractivity contribution >= 4 is 17.8 Å². The van der Waals surface area contributed by atoms with Crippen LogP contribution < -0.4 is 15.3 Å². The van der Waals surface area contributed by atoms with E-state index in [0.717, 1.165) is 12.8 Å². The van der Waals surface area contributed by atoms with Crippen molar-refractivity contribution in [2.24, 2.45) is 0 Å². The van der Waals surface area contributed by atoms with E-state index in [0.29, 0.717) is 0 Å². The Balaban J connectivity index is 2.68. The Hall–Kier alpha value is -2.35. The molecule has 1 aromatic heterocycles. The van der Waals surface area contributed by atoms with Gasteiger partial charge in [-0.3, -0.25) is 0 Å². The van der Waals surface area contributed by atoms with Crippen LogP contribution in [-0.2, 0) is 11.0 Å². The Morgan fingerprint density at radius 3 is 2.21 bits per heavy atom. The van der Waals surface area contributed by atoms with Crippen LogP contribution in [0.5, 0.6) is 0 Å². The minimum Gasteiger partial charge on any atom is -0.217 e. The summed E-state index contributed by atoms with van der Waals surface area (Å²) in [4.78, 5) is 0. The summed E-state index contributed by atoms with van der Waals surface area (Å²) in [5.41, 5.74) is 4.06. The lowest BCUT2D eigenvalue weighted by molar-refractivity contribution is -0.775. The summed E-state index contributed by atoms with van der Waals surface area (Å²) >= 11 is 0. The van der Waals surface area contributed by atoms with Crippen molar-refractivity contribution in [3.8, 4) is 11.4 Å². The predicted molar refractivity (Wildman–Crippen MR) is 126 cm³/mol. The molecule has 2 heterocycles. The van der Waals surface area contributed by atoms with Crippen LogP contribution in [0.4, 0.5) is 0 Å². The zero-order valence-electron chi connectivity index (χ0n) is 19.5. The number of fused-ring (bicyclic) bond motifs is 3. The zero-order chi connectivity index (χ0) is 21.4. The van der Waals surface area contributed by atoms with Gasteiger partial charge in [0.1, 0.15) is 11.2 Å². The van der Waals surface area contributed by atoms with Gasteiger partial charge in [0.2, 0.25) is 0 Å². The fourth-order valence-electron chi connectivity index (χ4n) is 5.40. The number of hydrogen-bond donors (Lipinski definition) is 0. The second-order valence-electron chi connectivity index (χ2n) is 8.41. The maximum absolute atomic E-state index is 2.64. The fourth-order valence-corrected chi connectivity index (χ4v) is 5.40. The van der Waals surface area contributed by atoms with E-state index >= 15 is 0 Å². The van der Waals surface area contributed by atoms with Crippen LogP contribution in [0.15, 0.2) is 42.5 Å². The molecule has 2 atom stereocenters. The summed E-state index contributed by atoms with van der Waals surface area (Å²) in [7, 11) is 0. The Bertz CT molecular complexity index is 1100. The summed E-state index contributed by atoms with van der Waals surface area (Å²) in [5.74, 6) is 1.29. The highest BCUT2D eigenvalue weighted by Gasteiger charge is 2.55. The normalized spacial score (nSPS) is 25.6. The van der Waals surface area contributed by atoms with E-state index in [1.165, 1.54) is 33.3 Å². The average molecular weight is 390 g/mol. The van der Waals surface area contributed by atoms with E-state index in [1.54, 1.807) is 0 Å². The SMILES string of the molecule is CC=CC(=CC)n1c2[n+](c(=CC)c1=CC)C(C)(CC)C(C)(CC)c1ccccc1-2. The largest absolute Gasteiger partial charge is 0.295 e. The van der Waals surface area contributed by atoms with Gasteiger partial charge in [-0.05, 0) is 83.4 Å². The molecule has 0 spiro atoms. The molecular weight excluding hydrogens is 352 g/mol. The van der Waals surface area contributed by atoms with Crippen LogP contribution in [0.3, 0.4) is 0 Å². The summed E-state index contributed by atoms with van der Waals surface area (Å²) in [6.07, 6.45) is 13.3. The summed E-state index contributed by atoms with van der Waals surface area (Å²) in [6.45, 7) is 18.1. The first-order chi connectivity index (χ1) is 13.9. The number of allylic oxidation sites excluding steroid dienone is 4. The second-order valence-corrected chi connectivity index (χ2v) is 8.41. The molecule has 0 bridgehead atoms. The standard InChI is InChI=1S/C27H37N2/c1-9-17-20(10-2)28-23(11-3)24(12-4)29-25(28)21-18-15-16-19-22(21)26(7,13-5)27(29,8)14-6/h9-12,15-19H,13-14H2,1-8H3/q+1. The Morgan fingerprint density at radius 2 is 1.69 bits per heavy atom. The minimum atomic E-state index is -0.0227. The Labute approximate surface area is 176 Å². The molecule has 29 heavy (non-hydrogen) atoms. The molecule has 0 amide bonds. The van der Waals surface area contributed by atoms with Crippen molar-refractivity contribution in [1.29, 1.82) is 0 Å². The van der Waals surface area contributed by atoms with Crippen LogP contribution in [0, 0.1) is 0 Å². The van der Waals surface area contributed by atoms with E-state index in [9.17, 15) is 0 Å². The Morgan fingerprint density at radius 1 is 1.00 bits per heavy atom. The number of benzene rings is 1. The van der Waals surface area contributed by atoms with Gasteiger partial charge in [0.05, 0.1) is 5.56 Å². The Kier molecular flexibility index (Phi) is 5.76. The molecule has 1 aromatic carbocycles. The summed E-state index contributed by atoms with van der Waals surface area (Å²) in [6, 6.07) is 9.04. The third-order valence-corrected chi connectivity index (χ3v) is 7.45. The van der Waals surface area contributed by atoms with Gasteiger partial charge >= 0.3 is 0 Å². The summed E-state index contributed by atoms with van der Waals surface area (Å²) < 4.78 is 5.10. The van der Waals surface area contributed by atoms with Crippen LogP contribution in [0.2, 0.25) is 0 Å². The minimum absolute atomic E-state index is 0.0227. The lowest BCUT2D eigenvalue weighted by Gasteiger charge is -2.47. The highest BCUT2D eigenvalue weighted by atomic mass is 15.2. The zero-order valence-corrected chi connectivity index (χ0v) is 19.5. The van der Waals surface area contributed by atoms with Gasteiger partial charge in [-0.1, -0.05) is 45.0 Å². The average Bonchev–Trinajstić information content (AvgIpc) is 3.10. The smallest absolute Gasteiger partial charge is 0.217 e. The maximum atomic E-state index is 2.64. The second kappa shape index (κ2) is 7.82. The molecule has 0 N–H and O–H groups in total. The van der Waals surface area contributed by atoms with Gasteiger partial charge < -0.3 is 0 Å². The molecule has 2 heteroatoms. The third kappa shape index (κ3) is 2.72. The number of aromatic nitrogens is 2. The van der Waals surface area contributed by atoms with Crippen molar-refractivity contribution in [2.45, 2.75) is 79.2 Å². The van der Waals surface area contributed by atoms with E-state index < -0.39 is 0 Å². The highest BCUT2D eigenvalue weighted by molar-refractivity contribution is 5.70. The monoisotopic (exact) mass is 389 g/mol. The molecule has 0 saturated carbocycles. The number of nitrogens with zero attached hydrogens (tertiary/aromatic N) is 2. The van der Waals surface area contributed by atoms with Crippen LogP contribution >= 0.6 is 0 Å². The van der Waals surface area contributed by atoms with Gasteiger partial charge in [0.15, 0.2) is 10.7 Å². The van der Waals surface area contributed by atoms with Crippen molar-refractivity contribution in [3.05, 3.63) is 58.8 Å². The first-order valence-corrected chi connectivity index (χ1v) is 11.1. The van der Waals surface area contributed by atoms with Crippen LogP contribution in [0.25, 0.3) is 29.2 Å². The van der Waals surface area contributed by atoms with Crippen molar-refractivity contribution in [1.82, 2.24) is 4.57 Å². The molecular formula is C27H37N2+. The van der Waals surface area contributed by atoms with E-state index in [2.05, 4.69) is 119 Å². The van der Waals surface area contributed by atoms with Gasteiger partial charge in [0.25, 0.3) is 5.82 Å². The lowest BCUT2D eigenvalue weighted by atomic mass is 9.61. The molecule has 2 nitrogen and oxygen atoms in total. The quantitative estimate of drug-likeness (QED) is 0.496. The van der Waals surface area contributed by atoms with Crippen molar-refractivity contribution < 1.29 is 4.57 Å². The molecule has 154 valence electrons. The van der Waals surface area contributed by atoms with E-state index in [4.69, 9.17) is 0 Å². The topological polar surface area (TPSA) is 8.81 Å². The molecule has 2 unspecified atom stereocenters. The van der Waals surface area contributed by atoms with E-state index in [-0.39, 0.29) is 11.0 Å². The molecule has 2 aromatic rings. The van der Waals surface area contributed by atoms with E-state index in [1.807, 2.05) is 0 Å². The number of rotatable bonds is 4. The van der Waals surface area contributed by atoms with Crippen molar-refractivity contribution in [2.75, 3.05) is 0 Å². The molecule has 0 aliphatic carbocycles. The van der Waals surface area contributed by atoms with Crippen LogP contribution in [-0.4, -0.2) is 4.57 Å². The first kappa shape index (κ1) is 21.4. The predicted octanol–water partition coefficient (Wildman–Crippen LogP) is 5.29. The molecule has 0 fully saturated rings. The van der Waals surface area contributed by atoms with Gasteiger partial charge in [0, 0.05) is 5.41 Å². The van der Waals surface area contributed by atoms with Gasteiger partial charge in [-0.25, -0.2) is 4.57 Å². The fraction of sp³-hybridized carbons (Fsp3) is 0.444. The van der Waals surface area contributed by atoms with Crippen molar-refractivity contribution in [3.63, 3.8) is 0 Å². The first-order valence-electron chi connectivity index (χ1n) is 11.1. The molecule has 0 radical (unpaired) electrons. The van der Waals surface area contributed by atoms with Crippen LogP contribution in [0.1, 0.15) is 73.8 Å². The molecule has 1 aliphatic heterocycles. The molecule has 3 rings (SSSR count). The lowest BCUT2D eigenvalue weighted by Crippen LogP contribution is -2.74. The maximum Gasteiger partial charge on any atom is 0.295 e. The number of imidazole rings is 1. The highest BCUT2D eigenvalue weighted by Crippen LogP contribution is 2.48. The third-order valence-electron chi connectivity index (χ3n) is 7.45. The summed E-state index contributed by atoms with van der Waals surface area (Å²) in [5, 5.41) is 2.58. The van der Waals surface area contributed by atoms with Gasteiger partial charge in [-0.2, -0.15) is 4.57 Å². The van der Waals surface area contributed by atoms with Gasteiger partial charge in [-0.15, -0.1) is 0 Å². The molecule has 1 aliphatic rings. The molecule has 0 saturated heterocycles. The number of hydrogen-bond acceptors (Lipinski definition) is 0.